The normalized spacial score (nSPS) is 22.6. The molecule has 1 rings (SSSR count). The predicted octanol–water partition coefficient (Wildman–Crippen LogP) is 1.95. The summed E-state index contributed by atoms with van der Waals surface area (Å²) in [4.78, 5) is 6.64. The van der Waals surface area contributed by atoms with Crippen molar-refractivity contribution in [3.63, 3.8) is 0 Å². The number of hydrogen-bond acceptors (Lipinski definition) is 1. The predicted molar refractivity (Wildman–Crippen MR) is 66.2 cm³/mol. The number of likely N-dealkylation sites (tertiary alicyclic amines) is 1. The molecule has 0 aliphatic carbocycles. The number of hydrogen-bond donors (Lipinski definition) is 1. The molecule has 1 atom stereocenters. The number of guanidine groups is 1. The van der Waals surface area contributed by atoms with Crippen molar-refractivity contribution in [1.29, 1.82) is 0 Å². The van der Waals surface area contributed by atoms with E-state index >= 15 is 0 Å². The molecule has 3 heteroatoms. The Morgan fingerprint density at radius 3 is 2.60 bits per heavy atom. The Kier molecular flexibility index (Phi) is 4.92. The lowest BCUT2D eigenvalue weighted by atomic mass is 9.87. The van der Waals surface area contributed by atoms with Crippen molar-refractivity contribution in [2.24, 2.45) is 16.8 Å². The van der Waals surface area contributed by atoms with Gasteiger partial charge in [-0.25, -0.2) is 0 Å². The molecule has 1 unspecified atom stereocenters. The van der Waals surface area contributed by atoms with Crippen LogP contribution in [0.4, 0.5) is 0 Å². The van der Waals surface area contributed by atoms with Crippen molar-refractivity contribution < 1.29 is 0 Å². The minimum atomic E-state index is 0.866. The van der Waals surface area contributed by atoms with E-state index in [9.17, 15) is 0 Å². The zero-order valence-corrected chi connectivity index (χ0v) is 10.6. The number of rotatable bonds is 3. The molecule has 0 spiro atoms. The Labute approximate surface area is 94.0 Å². The fourth-order valence-electron chi connectivity index (χ4n) is 2.73. The van der Waals surface area contributed by atoms with Gasteiger partial charge in [-0.05, 0) is 18.3 Å². The van der Waals surface area contributed by atoms with E-state index in [4.69, 9.17) is 0 Å². The van der Waals surface area contributed by atoms with Crippen LogP contribution >= 0.6 is 0 Å². The van der Waals surface area contributed by atoms with Crippen LogP contribution in [-0.4, -0.2) is 38.0 Å². The average molecular weight is 211 g/mol. The number of aliphatic imine (C=N–C) groups is 1. The van der Waals surface area contributed by atoms with Gasteiger partial charge in [0.1, 0.15) is 0 Å². The molecule has 3 nitrogen and oxygen atoms in total. The van der Waals surface area contributed by atoms with Gasteiger partial charge in [0, 0.05) is 27.2 Å². The largest absolute Gasteiger partial charge is 0.359 e. The van der Waals surface area contributed by atoms with Crippen LogP contribution in [0.1, 0.15) is 33.1 Å². The summed E-state index contributed by atoms with van der Waals surface area (Å²) in [6, 6.07) is 0. The van der Waals surface area contributed by atoms with E-state index in [0.29, 0.717) is 0 Å². The van der Waals surface area contributed by atoms with Gasteiger partial charge >= 0.3 is 0 Å². The van der Waals surface area contributed by atoms with Gasteiger partial charge in [0.2, 0.25) is 0 Å². The van der Waals surface area contributed by atoms with E-state index in [1.54, 1.807) is 0 Å². The van der Waals surface area contributed by atoms with Gasteiger partial charge in [0.25, 0.3) is 0 Å². The highest BCUT2D eigenvalue weighted by Crippen LogP contribution is 2.28. The first-order chi connectivity index (χ1) is 7.26. The molecule has 15 heavy (non-hydrogen) atoms. The molecule has 88 valence electrons. The van der Waals surface area contributed by atoms with E-state index in [1.165, 1.54) is 25.8 Å². The second kappa shape index (κ2) is 5.99. The van der Waals surface area contributed by atoms with Gasteiger partial charge in [-0.3, -0.25) is 4.99 Å². The standard InChI is InChI=1S/C12H25N3/c1-5-10(6-2)11-7-8-15(9-11)12(13-3)14-4/h10-11H,5-9H2,1-4H3,(H,13,14). The summed E-state index contributed by atoms with van der Waals surface area (Å²) in [5, 5.41) is 3.17. The van der Waals surface area contributed by atoms with Gasteiger partial charge in [-0.1, -0.05) is 26.7 Å². The second-order valence-corrected chi connectivity index (χ2v) is 4.37. The molecule has 0 radical (unpaired) electrons. The average Bonchev–Trinajstić information content (AvgIpc) is 2.71. The molecule has 0 aromatic heterocycles. The molecule has 0 amide bonds. The van der Waals surface area contributed by atoms with Crippen LogP contribution in [0.15, 0.2) is 4.99 Å². The maximum absolute atomic E-state index is 4.27. The minimum Gasteiger partial charge on any atom is -0.359 e. The minimum absolute atomic E-state index is 0.866. The maximum Gasteiger partial charge on any atom is 0.193 e. The quantitative estimate of drug-likeness (QED) is 0.571. The first-order valence-electron chi connectivity index (χ1n) is 6.16. The van der Waals surface area contributed by atoms with E-state index < -0.39 is 0 Å². The van der Waals surface area contributed by atoms with E-state index in [2.05, 4.69) is 29.1 Å². The Morgan fingerprint density at radius 1 is 1.47 bits per heavy atom. The van der Waals surface area contributed by atoms with Crippen LogP contribution in [0.2, 0.25) is 0 Å². The fourth-order valence-corrected chi connectivity index (χ4v) is 2.73. The molecule has 1 aliphatic rings. The van der Waals surface area contributed by atoms with Crippen LogP contribution in [0.25, 0.3) is 0 Å². The number of nitrogens with zero attached hydrogens (tertiary/aromatic N) is 2. The zero-order valence-electron chi connectivity index (χ0n) is 10.6. The Bertz CT molecular complexity index is 209. The van der Waals surface area contributed by atoms with Crippen LogP contribution in [0, 0.1) is 11.8 Å². The molecule has 1 N–H and O–H groups in total. The van der Waals surface area contributed by atoms with Gasteiger partial charge in [0.15, 0.2) is 5.96 Å². The summed E-state index contributed by atoms with van der Waals surface area (Å²) in [5.41, 5.74) is 0. The van der Waals surface area contributed by atoms with E-state index in [0.717, 1.165) is 24.3 Å². The molecule has 1 saturated heterocycles. The summed E-state index contributed by atoms with van der Waals surface area (Å²) in [6.07, 6.45) is 3.95. The van der Waals surface area contributed by atoms with Crippen LogP contribution < -0.4 is 5.32 Å². The van der Waals surface area contributed by atoms with Gasteiger partial charge < -0.3 is 10.2 Å². The van der Waals surface area contributed by atoms with Crippen molar-refractivity contribution in [2.75, 3.05) is 27.2 Å². The monoisotopic (exact) mass is 211 g/mol. The van der Waals surface area contributed by atoms with Gasteiger partial charge in [0.05, 0.1) is 0 Å². The van der Waals surface area contributed by atoms with Crippen molar-refractivity contribution in [1.82, 2.24) is 10.2 Å². The zero-order chi connectivity index (χ0) is 11.3. The first kappa shape index (κ1) is 12.3. The van der Waals surface area contributed by atoms with Crippen LogP contribution in [-0.2, 0) is 0 Å². The lowest BCUT2D eigenvalue weighted by Crippen LogP contribution is -2.38. The molecular formula is C12H25N3. The summed E-state index contributed by atoms with van der Waals surface area (Å²) in [6.45, 7) is 6.96. The van der Waals surface area contributed by atoms with Crippen molar-refractivity contribution >= 4 is 5.96 Å². The highest BCUT2D eigenvalue weighted by atomic mass is 15.3. The Balaban J connectivity index is 2.51. The van der Waals surface area contributed by atoms with Crippen molar-refractivity contribution in [2.45, 2.75) is 33.1 Å². The molecule has 0 aromatic carbocycles. The Hall–Kier alpha value is -0.730. The van der Waals surface area contributed by atoms with Gasteiger partial charge in [-0.2, -0.15) is 0 Å². The molecule has 1 heterocycles. The highest BCUT2D eigenvalue weighted by molar-refractivity contribution is 5.79. The molecular weight excluding hydrogens is 186 g/mol. The van der Waals surface area contributed by atoms with Gasteiger partial charge in [-0.15, -0.1) is 0 Å². The summed E-state index contributed by atoms with van der Waals surface area (Å²) in [7, 11) is 3.81. The Morgan fingerprint density at radius 2 is 2.13 bits per heavy atom. The third kappa shape index (κ3) is 2.86. The lowest BCUT2D eigenvalue weighted by molar-refractivity contribution is 0.319. The van der Waals surface area contributed by atoms with Crippen LogP contribution in [0.3, 0.4) is 0 Å². The topological polar surface area (TPSA) is 27.6 Å². The molecule has 0 aromatic rings. The maximum atomic E-state index is 4.27. The van der Waals surface area contributed by atoms with Crippen molar-refractivity contribution in [3.8, 4) is 0 Å². The lowest BCUT2D eigenvalue weighted by Gasteiger charge is -2.23. The van der Waals surface area contributed by atoms with Crippen molar-refractivity contribution in [3.05, 3.63) is 0 Å². The smallest absolute Gasteiger partial charge is 0.193 e. The summed E-state index contributed by atoms with van der Waals surface area (Å²) in [5.74, 6) is 2.80. The number of nitrogens with one attached hydrogen (secondary N) is 1. The molecule has 1 aliphatic heterocycles. The van der Waals surface area contributed by atoms with E-state index in [-0.39, 0.29) is 0 Å². The first-order valence-corrected chi connectivity index (χ1v) is 6.16. The molecule has 0 bridgehead atoms. The molecule has 1 fully saturated rings. The molecule has 0 saturated carbocycles. The van der Waals surface area contributed by atoms with E-state index in [1.807, 2.05) is 14.1 Å². The second-order valence-electron chi connectivity index (χ2n) is 4.37. The fraction of sp³-hybridized carbons (Fsp3) is 0.917. The third-order valence-electron chi connectivity index (χ3n) is 3.68. The highest BCUT2D eigenvalue weighted by Gasteiger charge is 2.28. The van der Waals surface area contributed by atoms with Crippen LogP contribution in [0.5, 0.6) is 0 Å². The third-order valence-corrected chi connectivity index (χ3v) is 3.68. The summed E-state index contributed by atoms with van der Waals surface area (Å²) < 4.78 is 0. The SMILES string of the molecule is CCC(CC)C1CCN(C(=NC)NC)C1. The summed E-state index contributed by atoms with van der Waals surface area (Å²) >= 11 is 0.